The van der Waals surface area contributed by atoms with Crippen molar-refractivity contribution in [1.29, 1.82) is 0 Å². The molecule has 0 saturated carbocycles. The maximum absolute atomic E-state index is 5.84. The first-order chi connectivity index (χ1) is 9.40. The fourth-order valence-corrected chi connectivity index (χ4v) is 1.49. The molecule has 2 unspecified atom stereocenters. The Morgan fingerprint density at radius 2 is 1.15 bits per heavy atom. The monoisotopic (exact) mass is 278 g/mol. The Bertz CT molecular complexity index is 352. The van der Waals surface area contributed by atoms with Gasteiger partial charge in [-0.3, -0.25) is 0 Å². The standard InChI is InChI=1S/C18H30O2/c1-13(2)15(5)11-19-17-8-7-9-18(10-17)20-12-16(6)14(3)4/h7-10,13-16H,11-12H2,1-6H3. The zero-order valence-corrected chi connectivity index (χ0v) is 13.8. The molecule has 0 aromatic heterocycles. The van der Waals surface area contributed by atoms with Crippen LogP contribution in [0.15, 0.2) is 24.3 Å². The molecule has 0 aliphatic rings. The Morgan fingerprint density at radius 3 is 1.50 bits per heavy atom. The van der Waals surface area contributed by atoms with Crippen LogP contribution in [-0.4, -0.2) is 13.2 Å². The van der Waals surface area contributed by atoms with Gasteiger partial charge < -0.3 is 9.47 Å². The van der Waals surface area contributed by atoms with E-state index in [1.54, 1.807) is 0 Å². The van der Waals surface area contributed by atoms with Crippen LogP contribution in [0.1, 0.15) is 41.5 Å². The van der Waals surface area contributed by atoms with Crippen LogP contribution in [0.2, 0.25) is 0 Å². The highest BCUT2D eigenvalue weighted by Gasteiger charge is 2.10. The van der Waals surface area contributed by atoms with Crippen LogP contribution in [-0.2, 0) is 0 Å². The van der Waals surface area contributed by atoms with E-state index >= 15 is 0 Å². The normalized spacial score (nSPS) is 14.4. The molecule has 0 spiro atoms. The van der Waals surface area contributed by atoms with Crippen molar-refractivity contribution in [2.75, 3.05) is 13.2 Å². The van der Waals surface area contributed by atoms with Gasteiger partial charge in [0.25, 0.3) is 0 Å². The maximum atomic E-state index is 5.84. The van der Waals surface area contributed by atoms with E-state index in [0.29, 0.717) is 23.7 Å². The third kappa shape index (κ3) is 5.85. The predicted octanol–water partition coefficient (Wildman–Crippen LogP) is 5.03. The molecule has 114 valence electrons. The minimum absolute atomic E-state index is 0.556. The van der Waals surface area contributed by atoms with Gasteiger partial charge in [-0.15, -0.1) is 0 Å². The largest absolute Gasteiger partial charge is 0.493 e. The molecule has 0 N–H and O–H groups in total. The van der Waals surface area contributed by atoms with Gasteiger partial charge in [0, 0.05) is 6.07 Å². The Hall–Kier alpha value is -1.18. The Labute approximate surface area is 124 Å². The first-order valence-corrected chi connectivity index (χ1v) is 7.75. The second-order valence-corrected chi connectivity index (χ2v) is 6.54. The Kier molecular flexibility index (Phi) is 6.90. The summed E-state index contributed by atoms with van der Waals surface area (Å²) in [6.07, 6.45) is 0. The molecule has 0 saturated heterocycles. The highest BCUT2D eigenvalue weighted by Crippen LogP contribution is 2.22. The smallest absolute Gasteiger partial charge is 0.122 e. The van der Waals surface area contributed by atoms with E-state index < -0.39 is 0 Å². The summed E-state index contributed by atoms with van der Waals surface area (Å²) >= 11 is 0. The van der Waals surface area contributed by atoms with Gasteiger partial charge in [0.15, 0.2) is 0 Å². The molecule has 20 heavy (non-hydrogen) atoms. The molecule has 0 aliphatic heterocycles. The zero-order chi connectivity index (χ0) is 15.1. The maximum Gasteiger partial charge on any atom is 0.122 e. The summed E-state index contributed by atoms with van der Waals surface area (Å²) in [5.41, 5.74) is 0. The van der Waals surface area contributed by atoms with Crippen molar-refractivity contribution in [1.82, 2.24) is 0 Å². The van der Waals surface area contributed by atoms with Crippen LogP contribution >= 0.6 is 0 Å². The summed E-state index contributed by atoms with van der Waals surface area (Å²) in [4.78, 5) is 0. The number of rotatable bonds is 8. The number of hydrogen-bond donors (Lipinski definition) is 0. The molecule has 2 heteroatoms. The number of benzene rings is 1. The molecule has 1 rings (SSSR count). The van der Waals surface area contributed by atoms with Gasteiger partial charge >= 0.3 is 0 Å². The van der Waals surface area contributed by atoms with E-state index in [1.807, 2.05) is 24.3 Å². The second kappa shape index (κ2) is 8.18. The summed E-state index contributed by atoms with van der Waals surface area (Å²) < 4.78 is 11.7. The summed E-state index contributed by atoms with van der Waals surface area (Å²) in [5, 5.41) is 0. The molecule has 0 aliphatic carbocycles. The lowest BCUT2D eigenvalue weighted by molar-refractivity contribution is 0.214. The topological polar surface area (TPSA) is 18.5 Å². The molecule has 0 radical (unpaired) electrons. The fourth-order valence-electron chi connectivity index (χ4n) is 1.49. The van der Waals surface area contributed by atoms with Crippen molar-refractivity contribution in [3.05, 3.63) is 24.3 Å². The van der Waals surface area contributed by atoms with E-state index in [9.17, 15) is 0 Å². The molecule has 0 amide bonds. The second-order valence-electron chi connectivity index (χ2n) is 6.54. The lowest BCUT2D eigenvalue weighted by Gasteiger charge is -2.18. The van der Waals surface area contributed by atoms with Crippen LogP contribution in [0.5, 0.6) is 11.5 Å². The first-order valence-electron chi connectivity index (χ1n) is 7.75. The Balaban J connectivity index is 2.49. The summed E-state index contributed by atoms with van der Waals surface area (Å²) in [5.74, 6) is 4.18. The van der Waals surface area contributed by atoms with Crippen molar-refractivity contribution in [3.63, 3.8) is 0 Å². The van der Waals surface area contributed by atoms with Crippen LogP contribution in [0.25, 0.3) is 0 Å². The van der Waals surface area contributed by atoms with E-state index in [0.717, 1.165) is 24.7 Å². The van der Waals surface area contributed by atoms with E-state index in [-0.39, 0.29) is 0 Å². The van der Waals surface area contributed by atoms with Gasteiger partial charge in [-0.25, -0.2) is 0 Å². The van der Waals surface area contributed by atoms with E-state index in [1.165, 1.54) is 0 Å². The fraction of sp³-hybridized carbons (Fsp3) is 0.667. The van der Waals surface area contributed by atoms with Crippen LogP contribution in [0.3, 0.4) is 0 Å². The molecular weight excluding hydrogens is 248 g/mol. The first kappa shape index (κ1) is 16.9. The number of hydrogen-bond acceptors (Lipinski definition) is 2. The van der Waals surface area contributed by atoms with Crippen molar-refractivity contribution in [3.8, 4) is 11.5 Å². The summed E-state index contributed by atoms with van der Waals surface area (Å²) in [6.45, 7) is 14.8. The van der Waals surface area contributed by atoms with Gasteiger partial charge in [-0.2, -0.15) is 0 Å². The van der Waals surface area contributed by atoms with Crippen LogP contribution < -0.4 is 9.47 Å². The lowest BCUT2D eigenvalue weighted by atomic mass is 9.99. The van der Waals surface area contributed by atoms with Gasteiger partial charge in [-0.1, -0.05) is 47.6 Å². The highest BCUT2D eigenvalue weighted by molar-refractivity contribution is 5.32. The summed E-state index contributed by atoms with van der Waals surface area (Å²) in [7, 11) is 0. The predicted molar refractivity (Wildman–Crippen MR) is 85.4 cm³/mol. The zero-order valence-electron chi connectivity index (χ0n) is 13.8. The van der Waals surface area contributed by atoms with Crippen molar-refractivity contribution in [2.45, 2.75) is 41.5 Å². The SMILES string of the molecule is CC(C)C(C)COc1cccc(OCC(C)C(C)C)c1. The Morgan fingerprint density at radius 1 is 0.750 bits per heavy atom. The average molecular weight is 278 g/mol. The molecule has 1 aromatic carbocycles. The van der Waals surface area contributed by atoms with Gasteiger partial charge in [-0.05, 0) is 35.8 Å². The molecule has 0 heterocycles. The van der Waals surface area contributed by atoms with Crippen molar-refractivity contribution in [2.24, 2.45) is 23.7 Å². The third-order valence-electron chi connectivity index (χ3n) is 4.11. The molecule has 0 bridgehead atoms. The highest BCUT2D eigenvalue weighted by atomic mass is 16.5. The molecule has 0 fully saturated rings. The average Bonchev–Trinajstić information content (AvgIpc) is 2.42. The molecule has 2 atom stereocenters. The molecular formula is C18H30O2. The van der Waals surface area contributed by atoms with Crippen LogP contribution in [0, 0.1) is 23.7 Å². The van der Waals surface area contributed by atoms with Crippen molar-refractivity contribution >= 4 is 0 Å². The quantitative estimate of drug-likeness (QED) is 0.664. The lowest BCUT2D eigenvalue weighted by Crippen LogP contribution is -2.15. The summed E-state index contributed by atoms with van der Waals surface area (Å²) in [6, 6.07) is 7.96. The van der Waals surface area contributed by atoms with Crippen molar-refractivity contribution < 1.29 is 9.47 Å². The van der Waals surface area contributed by atoms with E-state index in [4.69, 9.17) is 9.47 Å². The van der Waals surface area contributed by atoms with Gasteiger partial charge in [0.2, 0.25) is 0 Å². The van der Waals surface area contributed by atoms with Gasteiger partial charge in [0.1, 0.15) is 11.5 Å². The third-order valence-corrected chi connectivity index (χ3v) is 4.11. The van der Waals surface area contributed by atoms with Gasteiger partial charge in [0.05, 0.1) is 13.2 Å². The number of ether oxygens (including phenoxy) is 2. The molecule has 1 aromatic rings. The van der Waals surface area contributed by atoms with Crippen LogP contribution in [0.4, 0.5) is 0 Å². The molecule has 2 nitrogen and oxygen atoms in total. The minimum Gasteiger partial charge on any atom is -0.493 e. The minimum atomic E-state index is 0.556. The van der Waals surface area contributed by atoms with E-state index in [2.05, 4.69) is 41.5 Å².